The highest BCUT2D eigenvalue weighted by atomic mass is 16.4. The number of carboxylic acid groups (broad SMARTS) is 1. The largest absolute Gasteiger partial charge is 0.481 e. The zero-order valence-corrected chi connectivity index (χ0v) is 14.0. The van der Waals surface area contributed by atoms with E-state index in [-0.39, 0.29) is 0 Å². The molecule has 0 radical (unpaired) electrons. The molecule has 120 valence electrons. The van der Waals surface area contributed by atoms with Gasteiger partial charge in [-0.1, -0.05) is 77.4 Å². The van der Waals surface area contributed by atoms with Crippen LogP contribution in [0.2, 0.25) is 0 Å². The van der Waals surface area contributed by atoms with Gasteiger partial charge in [-0.2, -0.15) is 0 Å². The van der Waals surface area contributed by atoms with Crippen LogP contribution in [0.1, 0.15) is 97.8 Å². The number of carboxylic acids is 1. The molecule has 0 rings (SSSR count). The van der Waals surface area contributed by atoms with E-state index in [9.17, 15) is 0 Å². The van der Waals surface area contributed by atoms with Crippen molar-refractivity contribution in [3.05, 3.63) is 12.2 Å². The first-order chi connectivity index (χ1) is 9.65. The molecule has 0 aliphatic rings. The molecule has 0 amide bonds. The molecule has 0 aliphatic carbocycles. The molecule has 0 aromatic carbocycles. The number of unbranched alkanes of at least 4 members (excludes halogenated alkanes) is 10. The molecule has 1 N–H and O–H groups in total. The number of hydrogen-bond donors (Lipinski definition) is 1. The van der Waals surface area contributed by atoms with Gasteiger partial charge in [0, 0.05) is 6.92 Å². The van der Waals surface area contributed by atoms with Crippen LogP contribution in [0.15, 0.2) is 12.2 Å². The lowest BCUT2D eigenvalue weighted by Gasteiger charge is -1.98. The summed E-state index contributed by atoms with van der Waals surface area (Å²) in [6, 6.07) is 0. The third-order valence-electron chi connectivity index (χ3n) is 3.12. The van der Waals surface area contributed by atoms with E-state index in [1.807, 2.05) is 0 Å². The van der Waals surface area contributed by atoms with E-state index in [1.165, 1.54) is 77.0 Å². The lowest BCUT2D eigenvalue weighted by atomic mass is 10.1. The predicted molar refractivity (Wildman–Crippen MR) is 89.2 cm³/mol. The van der Waals surface area contributed by atoms with Crippen molar-refractivity contribution in [1.29, 1.82) is 0 Å². The Morgan fingerprint density at radius 2 is 1.05 bits per heavy atom. The second-order valence-electron chi connectivity index (χ2n) is 5.40. The minimum Gasteiger partial charge on any atom is -0.481 e. The lowest BCUT2D eigenvalue weighted by molar-refractivity contribution is -0.134. The molecule has 0 aliphatic heterocycles. The highest BCUT2D eigenvalue weighted by Gasteiger charge is 1.89. The van der Waals surface area contributed by atoms with Crippen LogP contribution in [0.25, 0.3) is 0 Å². The average molecular weight is 284 g/mol. The normalized spacial score (nSPS) is 10.3. The van der Waals surface area contributed by atoms with Crippen LogP contribution in [0, 0.1) is 0 Å². The second-order valence-corrected chi connectivity index (χ2v) is 5.40. The van der Waals surface area contributed by atoms with Crippen LogP contribution in [-0.4, -0.2) is 11.1 Å². The fourth-order valence-electron chi connectivity index (χ4n) is 1.97. The fourth-order valence-corrected chi connectivity index (χ4v) is 1.97. The summed E-state index contributed by atoms with van der Waals surface area (Å²) < 4.78 is 0. The average Bonchev–Trinajstić information content (AvgIpc) is 2.39. The Bertz CT molecular complexity index is 205. The highest BCUT2D eigenvalue weighted by Crippen LogP contribution is 2.09. The minimum absolute atomic E-state index is 0.833. The molecule has 0 saturated heterocycles. The second kappa shape index (κ2) is 20.5. The topological polar surface area (TPSA) is 37.3 Å². The summed E-state index contributed by atoms with van der Waals surface area (Å²) in [6.45, 7) is 5.63. The smallest absolute Gasteiger partial charge is 0.300 e. The molecule has 0 bridgehead atoms. The third-order valence-corrected chi connectivity index (χ3v) is 3.12. The van der Waals surface area contributed by atoms with Gasteiger partial charge in [0.2, 0.25) is 0 Å². The number of allylic oxidation sites excluding steroid dienone is 2. The molecule has 2 nitrogen and oxygen atoms in total. The number of hydrogen-bond acceptors (Lipinski definition) is 1. The van der Waals surface area contributed by atoms with Crippen molar-refractivity contribution >= 4 is 5.97 Å². The zero-order chi connectivity index (χ0) is 15.5. The molecule has 0 unspecified atom stereocenters. The molecule has 0 spiro atoms. The Hall–Kier alpha value is -0.790. The SMILES string of the molecule is CC(=O)O.CCCCC/C=C\CCCCCCCCC. The van der Waals surface area contributed by atoms with Gasteiger partial charge in [0.1, 0.15) is 0 Å². The summed E-state index contributed by atoms with van der Waals surface area (Å²) in [5.41, 5.74) is 0. The number of carbonyl (C=O) groups is 1. The van der Waals surface area contributed by atoms with Gasteiger partial charge < -0.3 is 5.11 Å². The molecular formula is C18H36O2. The monoisotopic (exact) mass is 284 g/mol. The maximum Gasteiger partial charge on any atom is 0.300 e. The van der Waals surface area contributed by atoms with Gasteiger partial charge in [-0.25, -0.2) is 0 Å². The quantitative estimate of drug-likeness (QED) is 0.334. The lowest BCUT2D eigenvalue weighted by Crippen LogP contribution is -1.79. The minimum atomic E-state index is -0.833. The summed E-state index contributed by atoms with van der Waals surface area (Å²) in [5, 5.41) is 7.42. The Morgan fingerprint density at radius 1 is 0.750 bits per heavy atom. The van der Waals surface area contributed by atoms with E-state index in [4.69, 9.17) is 9.90 Å². The van der Waals surface area contributed by atoms with Crippen molar-refractivity contribution in [3.63, 3.8) is 0 Å². The Morgan fingerprint density at radius 3 is 1.50 bits per heavy atom. The summed E-state index contributed by atoms with van der Waals surface area (Å²) in [6.07, 6.45) is 21.5. The van der Waals surface area contributed by atoms with Gasteiger partial charge in [0.15, 0.2) is 0 Å². The molecule has 0 atom stereocenters. The van der Waals surface area contributed by atoms with Gasteiger partial charge in [0.25, 0.3) is 5.97 Å². The molecule has 0 saturated carbocycles. The first kappa shape index (κ1) is 21.5. The van der Waals surface area contributed by atoms with Gasteiger partial charge in [-0.3, -0.25) is 4.79 Å². The maximum atomic E-state index is 9.00. The maximum absolute atomic E-state index is 9.00. The van der Waals surface area contributed by atoms with E-state index in [2.05, 4.69) is 26.0 Å². The van der Waals surface area contributed by atoms with E-state index >= 15 is 0 Å². The molecule has 0 aromatic heterocycles. The van der Waals surface area contributed by atoms with Crippen LogP contribution in [-0.2, 0) is 4.79 Å². The molecule has 20 heavy (non-hydrogen) atoms. The van der Waals surface area contributed by atoms with Crippen molar-refractivity contribution in [2.75, 3.05) is 0 Å². The Labute approximate surface area is 126 Å². The van der Waals surface area contributed by atoms with Crippen LogP contribution in [0.3, 0.4) is 0 Å². The zero-order valence-electron chi connectivity index (χ0n) is 14.0. The van der Waals surface area contributed by atoms with Gasteiger partial charge in [-0.05, 0) is 25.7 Å². The standard InChI is InChI=1S/C16H32.C2H4O2/c1-3-5-7-9-11-13-15-16-14-12-10-8-6-4-2;1-2(3)4/h11,13H,3-10,12,14-16H2,1-2H3;1H3,(H,3,4)/b13-11-;. The van der Waals surface area contributed by atoms with E-state index in [0.717, 1.165) is 6.92 Å². The predicted octanol–water partition coefficient (Wildman–Crippen LogP) is 6.35. The van der Waals surface area contributed by atoms with Crippen molar-refractivity contribution in [2.45, 2.75) is 97.8 Å². The Kier molecular flexibility index (Phi) is 22.1. The third kappa shape index (κ3) is 30.3. The number of aliphatic carboxylic acids is 1. The summed E-state index contributed by atoms with van der Waals surface area (Å²) in [5.74, 6) is -0.833. The summed E-state index contributed by atoms with van der Waals surface area (Å²) in [7, 11) is 0. The highest BCUT2D eigenvalue weighted by molar-refractivity contribution is 5.62. The first-order valence-corrected chi connectivity index (χ1v) is 8.49. The van der Waals surface area contributed by atoms with Gasteiger partial charge >= 0.3 is 0 Å². The van der Waals surface area contributed by atoms with Gasteiger partial charge in [0.05, 0.1) is 0 Å². The van der Waals surface area contributed by atoms with Crippen LogP contribution in [0.5, 0.6) is 0 Å². The van der Waals surface area contributed by atoms with Gasteiger partial charge in [-0.15, -0.1) is 0 Å². The molecule has 0 aromatic rings. The van der Waals surface area contributed by atoms with Crippen molar-refractivity contribution in [1.82, 2.24) is 0 Å². The molecular weight excluding hydrogens is 248 g/mol. The summed E-state index contributed by atoms with van der Waals surface area (Å²) in [4.78, 5) is 9.00. The van der Waals surface area contributed by atoms with E-state index in [0.29, 0.717) is 0 Å². The molecule has 0 fully saturated rings. The van der Waals surface area contributed by atoms with Crippen molar-refractivity contribution < 1.29 is 9.90 Å². The summed E-state index contributed by atoms with van der Waals surface area (Å²) >= 11 is 0. The van der Waals surface area contributed by atoms with E-state index in [1.54, 1.807) is 0 Å². The van der Waals surface area contributed by atoms with Crippen LogP contribution < -0.4 is 0 Å². The molecule has 0 heterocycles. The molecule has 2 heteroatoms. The van der Waals surface area contributed by atoms with Crippen molar-refractivity contribution in [3.8, 4) is 0 Å². The number of rotatable bonds is 12. The first-order valence-electron chi connectivity index (χ1n) is 8.49. The van der Waals surface area contributed by atoms with E-state index < -0.39 is 5.97 Å². The fraction of sp³-hybridized carbons (Fsp3) is 0.833. The Balaban J connectivity index is 0. The van der Waals surface area contributed by atoms with Crippen molar-refractivity contribution in [2.24, 2.45) is 0 Å². The van der Waals surface area contributed by atoms with Crippen LogP contribution in [0.4, 0.5) is 0 Å². The van der Waals surface area contributed by atoms with Crippen LogP contribution >= 0.6 is 0 Å².